The first-order chi connectivity index (χ1) is 13.1. The SMILES string of the molecule is COC[C@@H](CC(=O)Cc1cc2c(cn1)C(C1CC1)=NC2)c1cc(F)ccn1. The number of hydrogen-bond donors (Lipinski definition) is 0. The van der Waals surface area contributed by atoms with Gasteiger partial charge in [0.05, 0.1) is 13.2 Å². The van der Waals surface area contributed by atoms with Crippen molar-refractivity contribution in [1.82, 2.24) is 9.97 Å². The number of pyridine rings is 2. The van der Waals surface area contributed by atoms with Crippen LogP contribution in [0.4, 0.5) is 4.39 Å². The number of carbonyl (C=O) groups excluding carboxylic acids is 1. The third kappa shape index (κ3) is 4.11. The zero-order valence-corrected chi connectivity index (χ0v) is 15.3. The van der Waals surface area contributed by atoms with Crippen molar-refractivity contribution in [2.75, 3.05) is 13.7 Å². The van der Waals surface area contributed by atoms with Crippen molar-refractivity contribution in [2.45, 2.75) is 38.1 Å². The number of ether oxygens (including phenoxy) is 1. The van der Waals surface area contributed by atoms with Crippen LogP contribution < -0.4 is 0 Å². The second kappa shape index (κ2) is 7.64. The molecule has 27 heavy (non-hydrogen) atoms. The number of hydrogen-bond acceptors (Lipinski definition) is 5. The molecule has 1 aliphatic heterocycles. The van der Waals surface area contributed by atoms with Crippen LogP contribution >= 0.6 is 0 Å². The number of ketones is 1. The minimum absolute atomic E-state index is 0.0388. The molecular weight excluding hydrogens is 345 g/mol. The van der Waals surface area contributed by atoms with Crippen LogP contribution in [0.25, 0.3) is 0 Å². The number of halogens is 1. The number of Topliss-reactive ketones (excluding diaryl/α,β-unsaturated/α-hetero) is 1. The zero-order chi connectivity index (χ0) is 18.8. The van der Waals surface area contributed by atoms with Crippen molar-refractivity contribution in [2.24, 2.45) is 10.9 Å². The highest BCUT2D eigenvalue weighted by molar-refractivity contribution is 6.06. The Labute approximate surface area is 157 Å². The fraction of sp³-hybridized carbons (Fsp3) is 0.429. The van der Waals surface area contributed by atoms with E-state index in [1.54, 1.807) is 7.11 Å². The molecule has 3 heterocycles. The van der Waals surface area contributed by atoms with Gasteiger partial charge in [-0.1, -0.05) is 0 Å². The predicted molar refractivity (Wildman–Crippen MR) is 99.3 cm³/mol. The van der Waals surface area contributed by atoms with Crippen molar-refractivity contribution < 1.29 is 13.9 Å². The Bertz CT molecular complexity index is 893. The van der Waals surface area contributed by atoms with E-state index in [9.17, 15) is 9.18 Å². The summed E-state index contributed by atoms with van der Waals surface area (Å²) in [5.41, 5.74) is 4.79. The van der Waals surface area contributed by atoms with Crippen molar-refractivity contribution in [3.05, 3.63) is 58.9 Å². The fourth-order valence-electron chi connectivity index (χ4n) is 3.61. The van der Waals surface area contributed by atoms with Crippen molar-refractivity contribution >= 4 is 11.5 Å². The summed E-state index contributed by atoms with van der Waals surface area (Å²) >= 11 is 0. The molecule has 6 heteroatoms. The molecule has 1 saturated carbocycles. The molecule has 0 amide bonds. The minimum Gasteiger partial charge on any atom is -0.384 e. The average Bonchev–Trinajstić information content (AvgIpc) is 3.41. The maximum absolute atomic E-state index is 13.5. The molecule has 0 spiro atoms. The van der Waals surface area contributed by atoms with Crippen molar-refractivity contribution in [1.29, 1.82) is 0 Å². The summed E-state index contributed by atoms with van der Waals surface area (Å²) in [5, 5.41) is 0. The van der Waals surface area contributed by atoms with Gasteiger partial charge in [-0.05, 0) is 36.6 Å². The lowest BCUT2D eigenvalue weighted by atomic mass is 9.96. The van der Waals surface area contributed by atoms with Gasteiger partial charge in [-0.25, -0.2) is 4.39 Å². The summed E-state index contributed by atoms with van der Waals surface area (Å²) < 4.78 is 18.7. The van der Waals surface area contributed by atoms with E-state index < -0.39 is 0 Å². The number of methoxy groups -OCH3 is 1. The maximum atomic E-state index is 13.5. The van der Waals surface area contributed by atoms with E-state index in [1.165, 1.54) is 36.9 Å². The highest BCUT2D eigenvalue weighted by Crippen LogP contribution is 2.37. The lowest BCUT2D eigenvalue weighted by Gasteiger charge is -2.15. The monoisotopic (exact) mass is 367 g/mol. The second-order valence-electron chi connectivity index (χ2n) is 7.28. The Hall–Kier alpha value is -2.47. The summed E-state index contributed by atoms with van der Waals surface area (Å²) in [4.78, 5) is 25.9. The first kappa shape index (κ1) is 17.9. The molecule has 2 aromatic heterocycles. The van der Waals surface area contributed by atoms with Crippen LogP contribution in [0, 0.1) is 11.7 Å². The van der Waals surface area contributed by atoms with E-state index in [0.29, 0.717) is 24.8 Å². The van der Waals surface area contributed by atoms with Crippen LogP contribution in [-0.2, 0) is 22.5 Å². The molecular formula is C21H22FN3O2. The Kier molecular flexibility index (Phi) is 5.07. The van der Waals surface area contributed by atoms with Crippen LogP contribution in [0.3, 0.4) is 0 Å². The molecule has 5 nitrogen and oxygen atoms in total. The van der Waals surface area contributed by atoms with E-state index in [4.69, 9.17) is 4.74 Å². The molecule has 2 aromatic rings. The summed E-state index contributed by atoms with van der Waals surface area (Å²) in [7, 11) is 1.57. The molecule has 4 rings (SSSR count). The van der Waals surface area contributed by atoms with Crippen LogP contribution in [0.1, 0.15) is 47.7 Å². The third-order valence-electron chi connectivity index (χ3n) is 5.09. The van der Waals surface area contributed by atoms with Gasteiger partial charge in [0, 0.05) is 66.8 Å². The molecule has 140 valence electrons. The predicted octanol–water partition coefficient (Wildman–Crippen LogP) is 3.26. The van der Waals surface area contributed by atoms with Gasteiger partial charge in [0.25, 0.3) is 0 Å². The smallest absolute Gasteiger partial charge is 0.139 e. The summed E-state index contributed by atoms with van der Waals surface area (Å²) in [6.07, 6.45) is 6.20. The summed E-state index contributed by atoms with van der Waals surface area (Å²) in [5.74, 6) is 0.0173. The van der Waals surface area contributed by atoms with Gasteiger partial charge >= 0.3 is 0 Å². The molecule has 2 aliphatic rings. The van der Waals surface area contributed by atoms with E-state index in [-0.39, 0.29) is 30.4 Å². The molecule has 0 bridgehead atoms. The van der Waals surface area contributed by atoms with Gasteiger partial charge in [-0.2, -0.15) is 0 Å². The number of carbonyl (C=O) groups is 1. The second-order valence-corrected chi connectivity index (χ2v) is 7.28. The Morgan fingerprint density at radius 1 is 1.33 bits per heavy atom. The van der Waals surface area contributed by atoms with Crippen LogP contribution in [-0.4, -0.2) is 35.2 Å². The molecule has 1 fully saturated rings. The number of nitrogens with zero attached hydrogens (tertiary/aromatic N) is 3. The van der Waals surface area contributed by atoms with Crippen molar-refractivity contribution in [3.8, 4) is 0 Å². The molecule has 0 radical (unpaired) electrons. The van der Waals surface area contributed by atoms with Crippen LogP contribution in [0.15, 0.2) is 35.6 Å². The van der Waals surface area contributed by atoms with Gasteiger partial charge in [0.15, 0.2) is 0 Å². The highest BCUT2D eigenvalue weighted by atomic mass is 19.1. The lowest BCUT2D eigenvalue weighted by Crippen LogP contribution is -2.16. The zero-order valence-electron chi connectivity index (χ0n) is 15.3. The normalized spacial score (nSPS) is 16.7. The molecule has 1 atom stereocenters. The van der Waals surface area contributed by atoms with Gasteiger partial charge < -0.3 is 4.74 Å². The largest absolute Gasteiger partial charge is 0.384 e. The molecule has 0 unspecified atom stereocenters. The van der Waals surface area contributed by atoms with E-state index >= 15 is 0 Å². The Morgan fingerprint density at radius 3 is 2.93 bits per heavy atom. The maximum Gasteiger partial charge on any atom is 0.139 e. The number of rotatable bonds is 8. The van der Waals surface area contributed by atoms with Crippen LogP contribution in [0.2, 0.25) is 0 Å². The van der Waals surface area contributed by atoms with Gasteiger partial charge in [0.2, 0.25) is 0 Å². The van der Waals surface area contributed by atoms with E-state index in [1.807, 2.05) is 12.3 Å². The van der Waals surface area contributed by atoms with Crippen molar-refractivity contribution in [3.63, 3.8) is 0 Å². The molecule has 0 saturated heterocycles. The third-order valence-corrected chi connectivity index (χ3v) is 5.09. The number of aromatic nitrogens is 2. The highest BCUT2D eigenvalue weighted by Gasteiger charge is 2.32. The van der Waals surface area contributed by atoms with E-state index in [2.05, 4.69) is 15.0 Å². The standard InChI is InChI=1S/C21H22FN3O2/c1-27-12-15(20-8-16(22)4-5-23-20)7-18(26)9-17-6-14-10-25-21(13-2-3-13)19(14)11-24-17/h4-6,8,11,13,15H,2-3,7,9-10,12H2,1H3/t15-/m1/s1. The quantitative estimate of drug-likeness (QED) is 0.718. The Balaban J connectivity index is 1.42. The summed E-state index contributed by atoms with van der Waals surface area (Å²) in [6.45, 7) is 1.00. The first-order valence-electron chi connectivity index (χ1n) is 9.28. The van der Waals surface area contributed by atoms with Gasteiger partial charge in [-0.3, -0.25) is 19.8 Å². The number of aliphatic imine (C=N–C) groups is 1. The Morgan fingerprint density at radius 2 is 2.19 bits per heavy atom. The average molecular weight is 367 g/mol. The minimum atomic E-state index is -0.361. The molecule has 0 N–H and O–H groups in total. The lowest BCUT2D eigenvalue weighted by molar-refractivity contribution is -0.119. The van der Waals surface area contributed by atoms with Gasteiger partial charge in [0.1, 0.15) is 11.6 Å². The topological polar surface area (TPSA) is 64.4 Å². The van der Waals surface area contributed by atoms with Gasteiger partial charge in [-0.15, -0.1) is 0 Å². The molecule has 0 aromatic carbocycles. The molecule has 1 aliphatic carbocycles. The fourth-order valence-corrected chi connectivity index (χ4v) is 3.61. The summed E-state index contributed by atoms with van der Waals surface area (Å²) in [6, 6.07) is 4.65. The first-order valence-corrected chi connectivity index (χ1v) is 9.28. The van der Waals surface area contributed by atoms with E-state index in [0.717, 1.165) is 16.8 Å². The number of fused-ring (bicyclic) bond motifs is 1. The van der Waals surface area contributed by atoms with Crippen LogP contribution in [0.5, 0.6) is 0 Å².